The highest BCUT2D eigenvalue weighted by molar-refractivity contribution is 6.00. The molecule has 1 aromatic carbocycles. The van der Waals surface area contributed by atoms with Gasteiger partial charge in [-0.05, 0) is 40.7 Å². The normalized spacial score (nSPS) is 15.8. The average Bonchev–Trinajstić information content (AvgIpc) is 2.82. The van der Waals surface area contributed by atoms with E-state index in [1.54, 1.807) is 32.9 Å². The van der Waals surface area contributed by atoms with Gasteiger partial charge in [-0.1, -0.05) is 30.9 Å². The first-order chi connectivity index (χ1) is 16.4. The van der Waals surface area contributed by atoms with Gasteiger partial charge in [0.2, 0.25) is 0 Å². The minimum atomic E-state index is -0.864. The lowest BCUT2D eigenvalue weighted by Gasteiger charge is -2.34. The van der Waals surface area contributed by atoms with Crippen LogP contribution in [0.2, 0.25) is 0 Å². The van der Waals surface area contributed by atoms with Crippen LogP contribution in [0.15, 0.2) is 59.5 Å². The lowest BCUT2D eigenvalue weighted by molar-refractivity contribution is -0.141. The second kappa shape index (κ2) is 13.6. The summed E-state index contributed by atoms with van der Waals surface area (Å²) < 4.78 is 28.3. The van der Waals surface area contributed by atoms with E-state index >= 15 is 0 Å². The van der Waals surface area contributed by atoms with Crippen molar-refractivity contribution in [3.63, 3.8) is 0 Å². The lowest BCUT2D eigenvalue weighted by atomic mass is 9.79. The summed E-state index contributed by atoms with van der Waals surface area (Å²) in [6.07, 6.45) is 0.761. The predicted molar refractivity (Wildman–Crippen MR) is 128 cm³/mol. The van der Waals surface area contributed by atoms with E-state index in [4.69, 9.17) is 23.7 Å². The van der Waals surface area contributed by atoms with Crippen molar-refractivity contribution in [2.24, 2.45) is 0 Å². The first-order valence-corrected chi connectivity index (χ1v) is 11.6. The number of rotatable bonds is 13. The summed E-state index contributed by atoms with van der Waals surface area (Å²) in [6, 6.07) is 7.24. The average molecular weight is 474 g/mol. The molecule has 0 spiro atoms. The molecule has 0 bridgehead atoms. The number of carbonyl (C=O) groups excluding carboxylic acids is 2. The second-order valence-electron chi connectivity index (χ2n) is 7.25. The zero-order valence-corrected chi connectivity index (χ0v) is 20.6. The highest BCUT2D eigenvalue weighted by Gasteiger charge is 2.42. The first kappa shape index (κ1) is 27.1. The third kappa shape index (κ3) is 6.27. The summed E-state index contributed by atoms with van der Waals surface area (Å²) in [5, 5.41) is 3.18. The van der Waals surface area contributed by atoms with Crippen LogP contribution in [0.5, 0.6) is 5.75 Å². The van der Waals surface area contributed by atoms with Crippen LogP contribution in [-0.4, -0.2) is 51.3 Å². The van der Waals surface area contributed by atoms with Crippen LogP contribution < -0.4 is 10.1 Å². The Morgan fingerprint density at radius 3 is 2.12 bits per heavy atom. The minimum absolute atomic E-state index is 0.155. The van der Waals surface area contributed by atoms with Crippen molar-refractivity contribution < 1.29 is 33.3 Å². The van der Waals surface area contributed by atoms with Crippen molar-refractivity contribution in [1.82, 2.24) is 5.32 Å². The summed E-state index contributed by atoms with van der Waals surface area (Å²) >= 11 is 0. The Hall–Kier alpha value is -3.10. The number of dihydropyridines is 1. The van der Waals surface area contributed by atoms with E-state index in [0.717, 1.165) is 0 Å². The van der Waals surface area contributed by atoms with Gasteiger partial charge in [0, 0.05) is 24.5 Å². The number of hydrogen-bond acceptors (Lipinski definition) is 8. The molecule has 1 aromatic rings. The van der Waals surface area contributed by atoms with Crippen molar-refractivity contribution in [2.45, 2.75) is 46.8 Å². The van der Waals surface area contributed by atoms with Gasteiger partial charge in [0.25, 0.3) is 0 Å². The minimum Gasteiger partial charge on any atom is -0.489 e. The molecule has 1 N–H and O–H groups in total. The Labute approximate surface area is 201 Å². The number of para-hydroxylation sites is 1. The van der Waals surface area contributed by atoms with Gasteiger partial charge in [0.1, 0.15) is 12.4 Å². The topological polar surface area (TPSA) is 92.3 Å². The fourth-order valence-corrected chi connectivity index (χ4v) is 3.78. The highest BCUT2D eigenvalue weighted by atomic mass is 16.7. The Bertz CT molecular complexity index is 929. The molecule has 8 heteroatoms. The van der Waals surface area contributed by atoms with Gasteiger partial charge in [-0.15, -0.1) is 0 Å². The van der Waals surface area contributed by atoms with Crippen LogP contribution in [0.25, 0.3) is 0 Å². The molecular formula is C26H35NO7. The molecule has 0 fully saturated rings. The zero-order chi connectivity index (χ0) is 25.1. The van der Waals surface area contributed by atoms with Crippen LogP contribution in [0, 0.1) is 0 Å². The van der Waals surface area contributed by atoms with Crippen LogP contribution in [0.4, 0.5) is 0 Å². The van der Waals surface area contributed by atoms with Crippen LogP contribution in [0.1, 0.15) is 46.1 Å². The fourth-order valence-electron chi connectivity index (χ4n) is 3.78. The molecule has 0 aromatic heterocycles. The van der Waals surface area contributed by atoms with Crippen LogP contribution in [-0.2, 0) is 28.5 Å². The summed E-state index contributed by atoms with van der Waals surface area (Å²) in [5.74, 6) is -1.46. The zero-order valence-electron chi connectivity index (χ0n) is 20.6. The number of ether oxygens (including phenoxy) is 5. The van der Waals surface area contributed by atoms with Gasteiger partial charge in [0.05, 0.1) is 36.0 Å². The highest BCUT2D eigenvalue weighted by Crippen LogP contribution is 2.43. The van der Waals surface area contributed by atoms with Crippen LogP contribution >= 0.6 is 0 Å². The van der Waals surface area contributed by atoms with Gasteiger partial charge in [-0.25, -0.2) is 9.59 Å². The smallest absolute Gasteiger partial charge is 0.336 e. The number of benzene rings is 1. The number of allylic oxidation sites excluding steroid dienone is 1. The molecule has 186 valence electrons. The van der Waals surface area contributed by atoms with Gasteiger partial charge in [0.15, 0.2) is 6.29 Å². The van der Waals surface area contributed by atoms with Crippen molar-refractivity contribution in [1.29, 1.82) is 0 Å². The molecule has 0 amide bonds. The van der Waals surface area contributed by atoms with Crippen LogP contribution in [0.3, 0.4) is 0 Å². The van der Waals surface area contributed by atoms with Crippen molar-refractivity contribution in [3.8, 4) is 5.75 Å². The van der Waals surface area contributed by atoms with E-state index in [1.165, 1.54) is 0 Å². The molecule has 0 aliphatic carbocycles. The van der Waals surface area contributed by atoms with Gasteiger partial charge >= 0.3 is 11.9 Å². The summed E-state index contributed by atoms with van der Waals surface area (Å²) in [7, 11) is 0. The molecule has 1 unspecified atom stereocenters. The summed E-state index contributed by atoms with van der Waals surface area (Å²) in [5.41, 5.74) is 2.01. The molecule has 1 atom stereocenters. The SMILES string of the molecule is C=CCOc1ccccc1C1C(C(=O)OCC)=C(C)NC(C(OCC)OCC)=C1C(=O)OCC. The molecule has 2 rings (SSSR count). The molecular weight excluding hydrogens is 438 g/mol. The monoisotopic (exact) mass is 473 g/mol. The molecule has 0 radical (unpaired) electrons. The Kier molecular flexibility index (Phi) is 10.8. The molecule has 1 aliphatic rings. The maximum atomic E-state index is 13.4. The van der Waals surface area contributed by atoms with Crippen molar-refractivity contribution in [2.75, 3.05) is 33.0 Å². The van der Waals surface area contributed by atoms with Gasteiger partial charge in [-0.3, -0.25) is 0 Å². The maximum Gasteiger partial charge on any atom is 0.336 e. The molecule has 0 saturated heterocycles. The third-order valence-corrected chi connectivity index (χ3v) is 5.04. The third-order valence-electron chi connectivity index (χ3n) is 5.04. The van der Waals surface area contributed by atoms with E-state index in [9.17, 15) is 9.59 Å². The lowest BCUT2D eigenvalue weighted by Crippen LogP contribution is -2.39. The predicted octanol–water partition coefficient (Wildman–Crippen LogP) is 3.99. The van der Waals surface area contributed by atoms with Crippen molar-refractivity contribution >= 4 is 11.9 Å². The van der Waals surface area contributed by atoms with E-state index in [0.29, 0.717) is 35.9 Å². The van der Waals surface area contributed by atoms with E-state index < -0.39 is 24.1 Å². The maximum absolute atomic E-state index is 13.4. The van der Waals surface area contributed by atoms with E-state index in [1.807, 2.05) is 32.0 Å². The number of carbonyl (C=O) groups is 2. The summed E-state index contributed by atoms with van der Waals surface area (Å²) in [4.78, 5) is 26.6. The molecule has 1 aliphatic heterocycles. The molecule has 1 heterocycles. The number of hydrogen-bond donors (Lipinski definition) is 1. The Morgan fingerprint density at radius 1 is 0.971 bits per heavy atom. The fraction of sp³-hybridized carbons (Fsp3) is 0.462. The second-order valence-corrected chi connectivity index (χ2v) is 7.25. The molecule has 8 nitrogen and oxygen atoms in total. The van der Waals surface area contributed by atoms with Gasteiger partial charge < -0.3 is 29.0 Å². The van der Waals surface area contributed by atoms with E-state index in [2.05, 4.69) is 11.9 Å². The standard InChI is InChI=1S/C26H35NO7/c1-7-16-34-19-15-13-12-14-18(19)21-20(24(28)30-8-2)17(6)27-23(22(21)25(29)31-9-3)26(32-10-4)33-11-5/h7,12-15,21,26-27H,1,8-11,16H2,2-6H3. The first-order valence-electron chi connectivity index (χ1n) is 11.6. The number of esters is 2. The van der Waals surface area contributed by atoms with Gasteiger partial charge in [-0.2, -0.15) is 0 Å². The molecule has 0 saturated carbocycles. The summed E-state index contributed by atoms with van der Waals surface area (Å²) in [6.45, 7) is 13.9. The molecule has 34 heavy (non-hydrogen) atoms. The Morgan fingerprint density at radius 2 is 1.56 bits per heavy atom. The number of nitrogens with one attached hydrogen (secondary N) is 1. The quantitative estimate of drug-likeness (QED) is 0.261. The largest absolute Gasteiger partial charge is 0.489 e. The van der Waals surface area contributed by atoms with Crippen molar-refractivity contribution in [3.05, 3.63) is 65.0 Å². The Balaban J connectivity index is 2.85. The van der Waals surface area contributed by atoms with E-state index in [-0.39, 0.29) is 31.0 Å².